The Hall–Kier alpha value is -1.58. The van der Waals surface area contributed by atoms with Gasteiger partial charge in [0, 0.05) is 17.3 Å². The van der Waals surface area contributed by atoms with Crippen LogP contribution >= 0.6 is 11.6 Å². The van der Waals surface area contributed by atoms with E-state index in [-0.39, 0.29) is 0 Å². The van der Waals surface area contributed by atoms with Gasteiger partial charge in [-0.15, -0.1) is 0 Å². The molecule has 2 N–H and O–H groups in total. The number of benzene rings is 1. The molecule has 2 aromatic rings. The number of hydrogen-bond donors (Lipinski definition) is 1. The summed E-state index contributed by atoms with van der Waals surface area (Å²) in [6.07, 6.45) is 0.825. The van der Waals surface area contributed by atoms with Crippen molar-refractivity contribution in [3.63, 3.8) is 0 Å². The Kier molecular flexibility index (Phi) is 4.40. The van der Waals surface area contributed by atoms with E-state index in [9.17, 15) is 0 Å². The van der Waals surface area contributed by atoms with Crippen LogP contribution in [0.1, 0.15) is 23.9 Å². The Labute approximate surface area is 118 Å². The summed E-state index contributed by atoms with van der Waals surface area (Å²) < 4.78 is 5.85. The Morgan fingerprint density at radius 3 is 2.68 bits per heavy atom. The van der Waals surface area contributed by atoms with Gasteiger partial charge in [-0.25, -0.2) is 0 Å². The predicted molar refractivity (Wildman–Crippen MR) is 77.8 cm³/mol. The molecule has 3 nitrogen and oxygen atoms in total. The van der Waals surface area contributed by atoms with Gasteiger partial charge in [0.15, 0.2) is 0 Å². The fraction of sp³-hybridized carbons (Fsp3) is 0.267. The molecule has 4 heteroatoms. The smallest absolute Gasteiger partial charge is 0.148 e. The van der Waals surface area contributed by atoms with Crippen LogP contribution in [0.15, 0.2) is 30.3 Å². The van der Waals surface area contributed by atoms with Gasteiger partial charge in [0.25, 0.3) is 0 Å². The van der Waals surface area contributed by atoms with Gasteiger partial charge in [-0.3, -0.25) is 4.98 Å². The Morgan fingerprint density at radius 2 is 2.05 bits per heavy atom. The lowest BCUT2D eigenvalue weighted by molar-refractivity contribution is 0.472. The normalized spacial score (nSPS) is 10.5. The summed E-state index contributed by atoms with van der Waals surface area (Å²) in [7, 11) is 0. The Balaban J connectivity index is 2.28. The lowest BCUT2D eigenvalue weighted by Gasteiger charge is -2.11. The van der Waals surface area contributed by atoms with Crippen LogP contribution in [0.25, 0.3) is 0 Å². The molecule has 0 aliphatic heterocycles. The van der Waals surface area contributed by atoms with E-state index in [1.165, 1.54) is 0 Å². The van der Waals surface area contributed by atoms with E-state index in [2.05, 4.69) is 11.9 Å². The zero-order valence-electron chi connectivity index (χ0n) is 11.1. The van der Waals surface area contributed by atoms with Crippen molar-refractivity contribution >= 4 is 11.6 Å². The maximum atomic E-state index is 6.12. The van der Waals surface area contributed by atoms with Gasteiger partial charge < -0.3 is 10.5 Å². The second kappa shape index (κ2) is 6.04. The second-order valence-electron chi connectivity index (χ2n) is 4.31. The molecule has 0 aliphatic carbocycles. The van der Waals surface area contributed by atoms with Crippen LogP contribution in [0.4, 0.5) is 0 Å². The number of nitrogens with two attached hydrogens (primary N) is 1. The average Bonchev–Trinajstić information content (AvgIpc) is 2.41. The van der Waals surface area contributed by atoms with Crippen molar-refractivity contribution in [1.29, 1.82) is 0 Å². The molecule has 2 rings (SSSR count). The fourth-order valence-corrected chi connectivity index (χ4v) is 2.08. The van der Waals surface area contributed by atoms with Crippen molar-refractivity contribution in [3.8, 4) is 11.5 Å². The third-order valence-corrected chi connectivity index (χ3v) is 3.23. The fourth-order valence-electron chi connectivity index (χ4n) is 1.83. The van der Waals surface area contributed by atoms with E-state index in [1.54, 1.807) is 6.07 Å². The SMILES string of the molecule is CCc1nc(C)ccc1Oc1ccc(CN)c(Cl)c1. The van der Waals surface area contributed by atoms with Crippen molar-refractivity contribution in [1.82, 2.24) is 4.98 Å². The van der Waals surface area contributed by atoms with E-state index in [0.717, 1.165) is 29.1 Å². The number of nitrogens with zero attached hydrogens (tertiary/aromatic N) is 1. The number of pyridine rings is 1. The summed E-state index contributed by atoms with van der Waals surface area (Å²) in [5.41, 5.74) is 8.42. The summed E-state index contributed by atoms with van der Waals surface area (Å²) >= 11 is 6.12. The van der Waals surface area contributed by atoms with Crippen LogP contribution in [-0.2, 0) is 13.0 Å². The van der Waals surface area contributed by atoms with Gasteiger partial charge >= 0.3 is 0 Å². The minimum atomic E-state index is 0.422. The number of aromatic nitrogens is 1. The molecule has 0 radical (unpaired) electrons. The number of rotatable bonds is 4. The zero-order chi connectivity index (χ0) is 13.8. The quantitative estimate of drug-likeness (QED) is 0.922. The highest BCUT2D eigenvalue weighted by molar-refractivity contribution is 6.31. The van der Waals surface area contributed by atoms with Crippen LogP contribution in [0.3, 0.4) is 0 Å². The van der Waals surface area contributed by atoms with Crippen LogP contribution in [0.5, 0.6) is 11.5 Å². The van der Waals surface area contributed by atoms with Crippen LogP contribution in [0, 0.1) is 6.92 Å². The Morgan fingerprint density at radius 1 is 1.26 bits per heavy atom. The number of aryl methyl sites for hydroxylation is 2. The van der Waals surface area contributed by atoms with Crippen LogP contribution in [0.2, 0.25) is 5.02 Å². The van der Waals surface area contributed by atoms with Gasteiger partial charge in [0.05, 0.1) is 5.69 Å². The first-order valence-electron chi connectivity index (χ1n) is 6.27. The summed E-state index contributed by atoms with van der Waals surface area (Å²) in [6.45, 7) is 4.44. The maximum Gasteiger partial charge on any atom is 0.148 e. The lowest BCUT2D eigenvalue weighted by atomic mass is 10.2. The predicted octanol–water partition coefficient (Wildman–Crippen LogP) is 3.86. The highest BCUT2D eigenvalue weighted by Crippen LogP contribution is 2.28. The van der Waals surface area contributed by atoms with Crippen molar-refractivity contribution < 1.29 is 4.74 Å². The summed E-state index contributed by atoms with van der Waals surface area (Å²) in [4.78, 5) is 4.47. The molecule has 0 bridgehead atoms. The third kappa shape index (κ3) is 3.25. The van der Waals surface area contributed by atoms with Gasteiger partial charge in [-0.05, 0) is 43.2 Å². The van der Waals surface area contributed by atoms with E-state index in [4.69, 9.17) is 22.1 Å². The first-order valence-corrected chi connectivity index (χ1v) is 6.64. The monoisotopic (exact) mass is 276 g/mol. The topological polar surface area (TPSA) is 48.1 Å². The minimum absolute atomic E-state index is 0.422. The molecule has 0 amide bonds. The molecule has 1 aromatic carbocycles. The van der Waals surface area contributed by atoms with E-state index in [0.29, 0.717) is 17.3 Å². The number of halogens is 1. The molecule has 0 aliphatic rings. The Bertz CT molecular complexity index is 584. The molecular formula is C15H17ClN2O. The van der Waals surface area contributed by atoms with Gasteiger partial charge in [0.2, 0.25) is 0 Å². The van der Waals surface area contributed by atoms with Gasteiger partial charge in [0.1, 0.15) is 11.5 Å². The molecule has 100 valence electrons. The number of ether oxygens (including phenoxy) is 1. The molecule has 0 unspecified atom stereocenters. The molecule has 0 fully saturated rings. The summed E-state index contributed by atoms with van der Waals surface area (Å²) in [5.74, 6) is 1.47. The van der Waals surface area contributed by atoms with Crippen molar-refractivity contribution in [2.45, 2.75) is 26.8 Å². The first kappa shape index (κ1) is 13.8. The van der Waals surface area contributed by atoms with Gasteiger partial charge in [-0.2, -0.15) is 0 Å². The standard InChI is InChI=1S/C15H17ClN2O/c1-3-14-15(7-4-10(2)18-14)19-12-6-5-11(9-17)13(16)8-12/h4-8H,3,9,17H2,1-2H3. The largest absolute Gasteiger partial charge is 0.455 e. The molecule has 0 spiro atoms. The molecule has 0 saturated carbocycles. The van der Waals surface area contributed by atoms with Crippen molar-refractivity contribution in [2.24, 2.45) is 5.73 Å². The minimum Gasteiger partial charge on any atom is -0.455 e. The molecule has 1 aromatic heterocycles. The van der Waals surface area contributed by atoms with Crippen LogP contribution < -0.4 is 10.5 Å². The highest BCUT2D eigenvalue weighted by Gasteiger charge is 2.07. The molecule has 19 heavy (non-hydrogen) atoms. The zero-order valence-corrected chi connectivity index (χ0v) is 11.9. The maximum absolute atomic E-state index is 6.12. The molecular weight excluding hydrogens is 260 g/mol. The summed E-state index contributed by atoms with van der Waals surface area (Å²) in [6, 6.07) is 9.40. The van der Waals surface area contributed by atoms with Crippen molar-refractivity contribution in [2.75, 3.05) is 0 Å². The average molecular weight is 277 g/mol. The molecule has 1 heterocycles. The van der Waals surface area contributed by atoms with E-state index >= 15 is 0 Å². The van der Waals surface area contributed by atoms with E-state index < -0.39 is 0 Å². The van der Waals surface area contributed by atoms with Crippen molar-refractivity contribution in [3.05, 3.63) is 52.3 Å². The van der Waals surface area contributed by atoms with Gasteiger partial charge in [-0.1, -0.05) is 24.6 Å². The highest BCUT2D eigenvalue weighted by atomic mass is 35.5. The molecule has 0 saturated heterocycles. The third-order valence-electron chi connectivity index (χ3n) is 2.88. The van der Waals surface area contributed by atoms with Crippen LogP contribution in [-0.4, -0.2) is 4.98 Å². The first-order chi connectivity index (χ1) is 9.13. The summed E-state index contributed by atoms with van der Waals surface area (Å²) in [5, 5.41) is 0.623. The van der Waals surface area contributed by atoms with E-state index in [1.807, 2.05) is 31.2 Å². The lowest BCUT2D eigenvalue weighted by Crippen LogP contribution is -1.98. The second-order valence-corrected chi connectivity index (χ2v) is 4.72. The number of hydrogen-bond acceptors (Lipinski definition) is 3. The molecule has 0 atom stereocenters.